The maximum atomic E-state index is 15.1. The Labute approximate surface area is 385 Å². The number of anilines is 1. The average molecular weight is 903 g/mol. The van der Waals surface area contributed by atoms with Gasteiger partial charge >= 0.3 is 17.9 Å². The number of nitrogens with one attached hydrogen (secondary N) is 2. The smallest absolute Gasteiger partial charge is 0.325 e. The van der Waals surface area contributed by atoms with Crippen LogP contribution in [0.1, 0.15) is 58.5 Å². The Hall–Kier alpha value is -7.78. The van der Waals surface area contributed by atoms with E-state index in [1.54, 1.807) is 60.7 Å². The summed E-state index contributed by atoms with van der Waals surface area (Å²) >= 11 is 0. The number of hydrogen-bond donors (Lipinski definition) is 3. The number of phenols is 1. The van der Waals surface area contributed by atoms with E-state index in [2.05, 4.69) is 17.2 Å². The van der Waals surface area contributed by atoms with Crippen LogP contribution in [0.3, 0.4) is 0 Å². The van der Waals surface area contributed by atoms with E-state index in [0.717, 1.165) is 11.1 Å². The van der Waals surface area contributed by atoms with Gasteiger partial charge in [0.2, 0.25) is 17.7 Å². The van der Waals surface area contributed by atoms with E-state index in [0.29, 0.717) is 28.1 Å². The first-order chi connectivity index (χ1) is 32.6. The number of piperazine rings is 1. The second-order valence-corrected chi connectivity index (χ2v) is 17.2. The van der Waals surface area contributed by atoms with Gasteiger partial charge in [-0.3, -0.25) is 33.7 Å². The molecule has 4 saturated heterocycles. The number of cyclic esters (lactones) is 1. The minimum absolute atomic E-state index is 0.0176. The number of phenolic OH excluding ortho intramolecular Hbond substituents is 1. The quantitative estimate of drug-likeness (QED) is 0.0627. The minimum Gasteiger partial charge on any atom is -0.508 e. The summed E-state index contributed by atoms with van der Waals surface area (Å²) in [6, 6.07) is 34.8. The van der Waals surface area contributed by atoms with Crippen molar-refractivity contribution < 1.29 is 52.8 Å². The molecule has 3 amide bonds. The van der Waals surface area contributed by atoms with E-state index < -0.39 is 77.4 Å². The monoisotopic (exact) mass is 902 g/mol. The van der Waals surface area contributed by atoms with E-state index in [-0.39, 0.29) is 50.4 Å². The molecule has 5 aromatic rings. The van der Waals surface area contributed by atoms with E-state index in [4.69, 9.17) is 18.9 Å². The summed E-state index contributed by atoms with van der Waals surface area (Å²) in [7, 11) is 0. The van der Waals surface area contributed by atoms with E-state index >= 15 is 4.79 Å². The molecular weight excluding hydrogens is 857 g/mol. The fourth-order valence-electron chi connectivity index (χ4n) is 11.0. The van der Waals surface area contributed by atoms with Gasteiger partial charge in [-0.1, -0.05) is 116 Å². The second kappa shape index (κ2) is 17.5. The number of benzene rings is 5. The molecule has 15 heteroatoms. The van der Waals surface area contributed by atoms with Gasteiger partial charge in [0.25, 0.3) is 0 Å². The van der Waals surface area contributed by atoms with Gasteiger partial charge in [-0.2, -0.15) is 0 Å². The third kappa shape index (κ3) is 7.26. The standard InChI is InChI=1S/C52H46N4O11/c1-2-25-65-49(61)41-44-50(62)67-45(32-13-7-4-8-14-32)43(30-11-5-3-6-12-30)56(44)46(52(41)37-15-9-10-16-38(37)54-51(52)63)33-19-23-35(24-20-33)64-26-27-66-48(60)36-28-39-47(59)53-29-40(58)55(39)42(36)31-17-21-34(57)22-18-31/h2-24,36,39,41-46,57H,1,25-29H2,(H,53,59)(H,54,63)/t36-,39-,41-,42-,43-,44-,45+,46+,52-/m1/s1. The van der Waals surface area contributed by atoms with Gasteiger partial charge in [-0.15, -0.1) is 0 Å². The van der Waals surface area contributed by atoms with Crippen molar-refractivity contribution in [2.24, 2.45) is 11.8 Å². The fourth-order valence-corrected chi connectivity index (χ4v) is 11.0. The van der Waals surface area contributed by atoms with E-state index in [9.17, 15) is 29.1 Å². The number of ether oxygens (including phenoxy) is 4. The zero-order valence-corrected chi connectivity index (χ0v) is 36.1. The summed E-state index contributed by atoms with van der Waals surface area (Å²) in [5.74, 6) is -4.96. The van der Waals surface area contributed by atoms with Crippen LogP contribution >= 0.6 is 0 Å². The summed E-state index contributed by atoms with van der Waals surface area (Å²) < 4.78 is 24.0. The number of fused-ring (bicyclic) bond motifs is 4. The highest BCUT2D eigenvalue weighted by Crippen LogP contribution is 2.65. The summed E-state index contributed by atoms with van der Waals surface area (Å²) in [5, 5.41) is 15.5. The predicted octanol–water partition coefficient (Wildman–Crippen LogP) is 5.40. The number of esters is 3. The number of morpholine rings is 1. The fraction of sp³-hybridized carbons (Fsp3) is 0.269. The summed E-state index contributed by atoms with van der Waals surface area (Å²) in [6.45, 7) is 3.19. The highest BCUT2D eigenvalue weighted by molar-refractivity contribution is 6.11. The van der Waals surface area contributed by atoms with Crippen molar-refractivity contribution in [2.75, 3.05) is 31.7 Å². The Balaban J connectivity index is 0.972. The SMILES string of the molecule is C=CCOC(=O)[C@H]1[C@@H]2C(=O)O[C@@H](c3ccccc3)[C@@H](c3ccccc3)N2[C@@H](c2ccc(OCCOC(=O)[C@@H]3C[C@@H]4C(=O)NCC(=O)N4[C@@H]3c3ccc(O)cc3)cc2)[C@]12C(=O)Nc1ccccc12. The zero-order valence-electron chi connectivity index (χ0n) is 36.1. The van der Waals surface area contributed by atoms with Crippen molar-refractivity contribution >= 4 is 41.3 Å². The molecule has 5 aliphatic rings. The minimum atomic E-state index is -1.69. The number of carbonyl (C=O) groups is 6. The van der Waals surface area contributed by atoms with Gasteiger partial charge in [0.15, 0.2) is 0 Å². The number of para-hydroxylation sites is 1. The van der Waals surface area contributed by atoms with Gasteiger partial charge < -0.3 is 39.6 Å². The molecule has 1 spiro atoms. The van der Waals surface area contributed by atoms with Gasteiger partial charge in [0.05, 0.1) is 30.6 Å². The van der Waals surface area contributed by atoms with E-state index in [1.807, 2.05) is 65.6 Å². The first-order valence-electron chi connectivity index (χ1n) is 22.1. The lowest BCUT2D eigenvalue weighted by atomic mass is 9.65. The van der Waals surface area contributed by atoms with Gasteiger partial charge in [0, 0.05) is 5.69 Å². The van der Waals surface area contributed by atoms with Crippen molar-refractivity contribution in [3.05, 3.63) is 174 Å². The van der Waals surface area contributed by atoms with E-state index in [1.165, 1.54) is 23.1 Å². The van der Waals surface area contributed by atoms with Crippen LogP contribution in [0, 0.1) is 11.8 Å². The first kappa shape index (κ1) is 43.1. The Morgan fingerprint density at radius 1 is 0.746 bits per heavy atom. The Kier molecular flexibility index (Phi) is 11.3. The van der Waals surface area contributed by atoms with Gasteiger partial charge in [-0.25, -0.2) is 0 Å². The van der Waals surface area contributed by atoms with Crippen LogP contribution in [0.5, 0.6) is 11.5 Å². The summed E-state index contributed by atoms with van der Waals surface area (Å²) in [5.41, 5.74) is 2.08. The molecule has 0 aliphatic carbocycles. The molecule has 0 saturated carbocycles. The molecule has 0 bridgehead atoms. The number of carbonyl (C=O) groups excluding carboxylic acids is 6. The van der Waals surface area contributed by atoms with Crippen LogP contribution in [0.2, 0.25) is 0 Å². The van der Waals surface area contributed by atoms with Crippen LogP contribution in [0.25, 0.3) is 0 Å². The molecule has 0 unspecified atom stereocenters. The predicted molar refractivity (Wildman–Crippen MR) is 240 cm³/mol. The third-order valence-electron chi connectivity index (χ3n) is 13.6. The highest BCUT2D eigenvalue weighted by Gasteiger charge is 2.74. The molecule has 0 aromatic heterocycles. The lowest BCUT2D eigenvalue weighted by Gasteiger charge is -2.46. The van der Waals surface area contributed by atoms with Crippen LogP contribution < -0.4 is 15.4 Å². The number of aromatic hydroxyl groups is 1. The Bertz CT molecular complexity index is 2750. The molecule has 0 radical (unpaired) electrons. The molecule has 5 aromatic carbocycles. The van der Waals surface area contributed by atoms with Crippen LogP contribution in [-0.2, 0) is 48.4 Å². The molecule has 5 heterocycles. The average Bonchev–Trinajstić information content (AvgIpc) is 4.01. The van der Waals surface area contributed by atoms with Crippen LogP contribution in [0.15, 0.2) is 146 Å². The molecule has 5 aliphatic heterocycles. The Morgan fingerprint density at radius 2 is 1.40 bits per heavy atom. The number of amides is 3. The lowest BCUT2D eigenvalue weighted by Crippen LogP contribution is -2.56. The highest BCUT2D eigenvalue weighted by atomic mass is 16.6. The topological polar surface area (TPSA) is 190 Å². The van der Waals surface area contributed by atoms with Crippen molar-refractivity contribution in [1.82, 2.24) is 15.1 Å². The third-order valence-corrected chi connectivity index (χ3v) is 13.6. The van der Waals surface area contributed by atoms with Crippen molar-refractivity contribution in [3.63, 3.8) is 0 Å². The molecule has 4 fully saturated rings. The molecule has 15 nitrogen and oxygen atoms in total. The maximum Gasteiger partial charge on any atom is 0.325 e. The van der Waals surface area contributed by atoms with Gasteiger partial charge in [0.1, 0.15) is 60.8 Å². The number of nitrogens with zero attached hydrogens (tertiary/aromatic N) is 2. The molecule has 340 valence electrons. The van der Waals surface area contributed by atoms with Crippen molar-refractivity contribution in [3.8, 4) is 11.5 Å². The first-order valence-corrected chi connectivity index (χ1v) is 22.1. The summed E-state index contributed by atoms with van der Waals surface area (Å²) in [6.07, 6.45) is 0.665. The lowest BCUT2D eigenvalue weighted by molar-refractivity contribution is -0.180. The molecule has 10 rings (SSSR count). The number of rotatable bonds is 12. The second-order valence-electron chi connectivity index (χ2n) is 17.2. The normalized spacial score (nSPS) is 27.3. The van der Waals surface area contributed by atoms with Crippen molar-refractivity contribution in [1.29, 1.82) is 0 Å². The largest absolute Gasteiger partial charge is 0.508 e. The molecule has 9 atom stereocenters. The molecule has 3 N–H and O–H groups in total. The number of hydrogen-bond acceptors (Lipinski definition) is 12. The van der Waals surface area contributed by atoms with Crippen LogP contribution in [0.4, 0.5) is 5.69 Å². The zero-order chi connectivity index (χ0) is 46.4. The Morgan fingerprint density at radius 3 is 2.12 bits per heavy atom. The van der Waals surface area contributed by atoms with Gasteiger partial charge in [-0.05, 0) is 64.6 Å². The summed E-state index contributed by atoms with van der Waals surface area (Å²) in [4.78, 5) is 87.4. The maximum absolute atomic E-state index is 15.1. The molecule has 67 heavy (non-hydrogen) atoms. The molecular formula is C52H46N4O11. The van der Waals surface area contributed by atoms with Crippen LogP contribution in [-0.4, -0.2) is 89.0 Å². The van der Waals surface area contributed by atoms with Crippen molar-refractivity contribution in [2.45, 2.75) is 48.1 Å².